The summed E-state index contributed by atoms with van der Waals surface area (Å²) < 4.78 is 0. The Morgan fingerprint density at radius 1 is 1.14 bits per heavy atom. The number of allylic oxidation sites excluding steroid dienone is 2. The number of carbonyl (C=O) groups is 1. The molecule has 2 atom stereocenters. The Kier molecular flexibility index (Phi) is 5.74. The van der Waals surface area contributed by atoms with E-state index in [4.69, 9.17) is 10.5 Å². The molecule has 0 radical (unpaired) electrons. The van der Waals surface area contributed by atoms with Crippen molar-refractivity contribution < 1.29 is 4.79 Å². The van der Waals surface area contributed by atoms with Crippen LogP contribution >= 0.6 is 0 Å². The number of nitriles is 2. The predicted octanol–water partition coefficient (Wildman–Crippen LogP) is 1.99. The Labute approximate surface area is 84.0 Å². The van der Waals surface area contributed by atoms with Crippen molar-refractivity contribution in [3.8, 4) is 12.1 Å². The van der Waals surface area contributed by atoms with E-state index in [1.165, 1.54) is 12.2 Å². The van der Waals surface area contributed by atoms with Crippen LogP contribution in [0.2, 0.25) is 0 Å². The smallest absolute Gasteiger partial charge is 0.136 e. The van der Waals surface area contributed by atoms with Crippen LogP contribution in [0.3, 0.4) is 0 Å². The molecule has 2 unspecified atom stereocenters. The third kappa shape index (κ3) is 4.23. The number of hydrogen-bond acceptors (Lipinski definition) is 3. The molecular formula is C11H12N2O. The number of nitrogens with zero attached hydrogens (tertiary/aromatic N) is 2. The lowest BCUT2D eigenvalue weighted by Gasteiger charge is -2.03. The maximum absolute atomic E-state index is 11.3. The van der Waals surface area contributed by atoms with Crippen molar-refractivity contribution in [3.05, 3.63) is 25.3 Å². The average molecular weight is 188 g/mol. The summed E-state index contributed by atoms with van der Waals surface area (Å²) in [5, 5.41) is 17.1. The van der Waals surface area contributed by atoms with Gasteiger partial charge >= 0.3 is 0 Å². The molecule has 0 aliphatic heterocycles. The van der Waals surface area contributed by atoms with Gasteiger partial charge in [-0.15, -0.1) is 13.2 Å². The molecule has 0 fully saturated rings. The van der Waals surface area contributed by atoms with Gasteiger partial charge in [-0.2, -0.15) is 10.5 Å². The zero-order valence-electron chi connectivity index (χ0n) is 7.94. The second kappa shape index (κ2) is 6.62. The molecule has 0 aromatic carbocycles. The van der Waals surface area contributed by atoms with Crippen molar-refractivity contribution in [1.29, 1.82) is 10.5 Å². The van der Waals surface area contributed by atoms with Crippen molar-refractivity contribution in [2.45, 2.75) is 12.8 Å². The summed E-state index contributed by atoms with van der Waals surface area (Å²) in [5.74, 6) is -1.01. The molecule has 3 nitrogen and oxygen atoms in total. The summed E-state index contributed by atoms with van der Waals surface area (Å²) in [7, 11) is 0. The molecule has 0 spiro atoms. The molecule has 0 aliphatic rings. The van der Waals surface area contributed by atoms with Gasteiger partial charge in [-0.05, 0) is 0 Å². The standard InChI is InChI=1S/C11H12N2O/c1-3-9(7-12)5-11(14)6-10(4-2)8-13/h3-4,9-10H,1-2,5-6H2. The second-order valence-electron chi connectivity index (χ2n) is 2.89. The molecule has 0 heterocycles. The molecule has 0 bridgehead atoms. The van der Waals surface area contributed by atoms with Crippen LogP contribution in [0.5, 0.6) is 0 Å². The number of carbonyl (C=O) groups excluding carboxylic acids is 1. The fourth-order valence-corrected chi connectivity index (χ4v) is 0.937. The summed E-state index contributed by atoms with van der Waals surface area (Å²) in [6.07, 6.45) is 3.14. The van der Waals surface area contributed by atoms with Crippen LogP contribution in [0.15, 0.2) is 25.3 Å². The van der Waals surface area contributed by atoms with Gasteiger partial charge < -0.3 is 0 Å². The number of Topliss-reactive ketones (excluding diaryl/α,β-unsaturated/α-hetero) is 1. The Bertz CT molecular complexity index is 276. The van der Waals surface area contributed by atoms with Crippen molar-refractivity contribution in [2.75, 3.05) is 0 Å². The molecule has 0 aliphatic carbocycles. The SMILES string of the molecule is C=CC(C#N)CC(=O)CC(C#N)C=C. The van der Waals surface area contributed by atoms with Gasteiger partial charge in [-0.1, -0.05) is 12.2 Å². The first-order valence-corrected chi connectivity index (χ1v) is 4.24. The van der Waals surface area contributed by atoms with Crippen LogP contribution in [0, 0.1) is 34.5 Å². The quantitative estimate of drug-likeness (QED) is 0.599. The maximum atomic E-state index is 11.3. The third-order valence-electron chi connectivity index (χ3n) is 1.80. The van der Waals surface area contributed by atoms with Crippen LogP contribution < -0.4 is 0 Å². The van der Waals surface area contributed by atoms with Gasteiger partial charge in [0.25, 0.3) is 0 Å². The van der Waals surface area contributed by atoms with E-state index < -0.39 is 11.8 Å². The average Bonchev–Trinajstić information content (AvgIpc) is 2.22. The highest BCUT2D eigenvalue weighted by Gasteiger charge is 2.13. The minimum Gasteiger partial charge on any atom is -0.300 e. The summed E-state index contributed by atoms with van der Waals surface area (Å²) in [4.78, 5) is 11.3. The van der Waals surface area contributed by atoms with E-state index in [9.17, 15) is 4.79 Å². The monoisotopic (exact) mass is 188 g/mol. The molecule has 72 valence electrons. The van der Waals surface area contributed by atoms with Crippen molar-refractivity contribution in [1.82, 2.24) is 0 Å². The topological polar surface area (TPSA) is 64.7 Å². The van der Waals surface area contributed by atoms with E-state index in [0.29, 0.717) is 0 Å². The van der Waals surface area contributed by atoms with Crippen LogP contribution in [0.4, 0.5) is 0 Å². The largest absolute Gasteiger partial charge is 0.300 e. The van der Waals surface area contributed by atoms with Crippen LogP contribution in [0.1, 0.15) is 12.8 Å². The van der Waals surface area contributed by atoms with E-state index in [1.54, 1.807) is 0 Å². The van der Waals surface area contributed by atoms with Gasteiger partial charge in [0.15, 0.2) is 0 Å². The summed E-state index contributed by atoms with van der Waals surface area (Å²) in [5.41, 5.74) is 0. The highest BCUT2D eigenvalue weighted by atomic mass is 16.1. The van der Waals surface area contributed by atoms with E-state index in [1.807, 2.05) is 12.1 Å². The molecule has 14 heavy (non-hydrogen) atoms. The first kappa shape index (κ1) is 12.1. The minimum atomic E-state index is -0.452. The summed E-state index contributed by atoms with van der Waals surface area (Å²) >= 11 is 0. The van der Waals surface area contributed by atoms with Gasteiger partial charge in [0.05, 0.1) is 24.0 Å². The summed E-state index contributed by atoms with van der Waals surface area (Å²) in [6.45, 7) is 6.89. The first-order valence-electron chi connectivity index (χ1n) is 4.24. The van der Waals surface area contributed by atoms with Crippen LogP contribution in [0.25, 0.3) is 0 Å². The number of hydrogen-bond donors (Lipinski definition) is 0. The lowest BCUT2D eigenvalue weighted by Crippen LogP contribution is -2.08. The van der Waals surface area contributed by atoms with E-state index in [-0.39, 0.29) is 18.6 Å². The molecule has 0 aromatic rings. The van der Waals surface area contributed by atoms with Crippen LogP contribution in [-0.2, 0) is 4.79 Å². The summed E-state index contributed by atoms with van der Waals surface area (Å²) in [6, 6.07) is 3.89. The number of ketones is 1. The fourth-order valence-electron chi connectivity index (χ4n) is 0.937. The highest BCUT2D eigenvalue weighted by molar-refractivity contribution is 5.79. The zero-order chi connectivity index (χ0) is 11.0. The van der Waals surface area contributed by atoms with Gasteiger partial charge in [0, 0.05) is 12.8 Å². The van der Waals surface area contributed by atoms with Gasteiger partial charge in [-0.3, -0.25) is 4.79 Å². The Hall–Kier alpha value is -1.87. The lowest BCUT2D eigenvalue weighted by atomic mass is 9.97. The Morgan fingerprint density at radius 2 is 1.50 bits per heavy atom. The number of rotatable bonds is 6. The molecule has 0 saturated heterocycles. The third-order valence-corrected chi connectivity index (χ3v) is 1.80. The molecule has 3 heteroatoms. The zero-order valence-corrected chi connectivity index (χ0v) is 7.94. The Morgan fingerprint density at radius 3 is 1.71 bits per heavy atom. The van der Waals surface area contributed by atoms with Crippen molar-refractivity contribution >= 4 is 5.78 Å². The highest BCUT2D eigenvalue weighted by Crippen LogP contribution is 2.10. The molecular weight excluding hydrogens is 176 g/mol. The van der Waals surface area contributed by atoms with Crippen molar-refractivity contribution in [3.63, 3.8) is 0 Å². The van der Waals surface area contributed by atoms with E-state index in [2.05, 4.69) is 13.2 Å². The van der Waals surface area contributed by atoms with Crippen LogP contribution in [-0.4, -0.2) is 5.78 Å². The fraction of sp³-hybridized carbons (Fsp3) is 0.364. The van der Waals surface area contributed by atoms with Crippen molar-refractivity contribution in [2.24, 2.45) is 11.8 Å². The van der Waals surface area contributed by atoms with E-state index in [0.717, 1.165) is 0 Å². The normalized spacial score (nSPS) is 13.0. The van der Waals surface area contributed by atoms with E-state index >= 15 is 0 Å². The molecule has 0 aromatic heterocycles. The second-order valence-corrected chi connectivity index (χ2v) is 2.89. The lowest BCUT2D eigenvalue weighted by molar-refractivity contribution is -0.119. The Balaban J connectivity index is 4.12. The molecule has 0 N–H and O–H groups in total. The van der Waals surface area contributed by atoms with Gasteiger partial charge in [0.2, 0.25) is 0 Å². The molecule has 0 amide bonds. The first-order chi connectivity index (χ1) is 6.67. The predicted molar refractivity (Wildman–Crippen MR) is 52.8 cm³/mol. The van der Waals surface area contributed by atoms with Gasteiger partial charge in [-0.25, -0.2) is 0 Å². The minimum absolute atomic E-state index is 0.108. The molecule has 0 rings (SSSR count). The maximum Gasteiger partial charge on any atom is 0.136 e. The van der Waals surface area contributed by atoms with Gasteiger partial charge in [0.1, 0.15) is 5.78 Å². The molecule has 0 saturated carbocycles.